The molecule has 0 saturated heterocycles. The monoisotopic (exact) mass is 230 g/mol. The summed E-state index contributed by atoms with van der Waals surface area (Å²) in [5.41, 5.74) is 1.72. The van der Waals surface area contributed by atoms with Crippen LogP contribution in [-0.2, 0) is 11.2 Å². The minimum absolute atomic E-state index is 0.0140. The molecule has 0 saturated carbocycles. The first kappa shape index (κ1) is 11.5. The van der Waals surface area contributed by atoms with Gasteiger partial charge in [0.15, 0.2) is 0 Å². The molecule has 0 aromatic heterocycles. The molecule has 0 spiro atoms. The maximum absolute atomic E-state index is 10.9. The van der Waals surface area contributed by atoms with Gasteiger partial charge in [0.2, 0.25) is 0 Å². The van der Waals surface area contributed by atoms with Crippen molar-refractivity contribution in [2.24, 2.45) is 0 Å². The average Bonchev–Trinajstić information content (AvgIpc) is 2.32. The van der Waals surface area contributed by atoms with Gasteiger partial charge in [0.25, 0.3) is 0 Å². The lowest BCUT2D eigenvalue weighted by Gasteiger charge is -2.13. The van der Waals surface area contributed by atoms with Gasteiger partial charge < -0.3 is 9.84 Å². The number of aryl methyl sites for hydroxylation is 1. The molecule has 0 aliphatic rings. The normalized spacial score (nSPS) is 10.5. The Morgan fingerprint density at radius 1 is 1.35 bits per heavy atom. The molecule has 0 aliphatic carbocycles. The van der Waals surface area contributed by atoms with Gasteiger partial charge in [-0.25, -0.2) is 0 Å². The minimum atomic E-state index is -0.846. The van der Waals surface area contributed by atoms with Crippen molar-refractivity contribution in [1.29, 1.82) is 0 Å². The third kappa shape index (κ3) is 2.09. The highest BCUT2D eigenvalue weighted by atomic mass is 16.5. The Morgan fingerprint density at radius 2 is 2.06 bits per heavy atom. The second kappa shape index (κ2) is 4.45. The van der Waals surface area contributed by atoms with E-state index in [1.54, 1.807) is 7.11 Å². The lowest BCUT2D eigenvalue weighted by atomic mass is 9.97. The van der Waals surface area contributed by atoms with Crippen LogP contribution in [0.4, 0.5) is 0 Å². The number of methoxy groups -OCH3 is 1. The number of hydrogen-bond donors (Lipinski definition) is 1. The summed E-state index contributed by atoms with van der Waals surface area (Å²) in [7, 11) is 1.56. The van der Waals surface area contributed by atoms with Crippen LogP contribution in [0, 0.1) is 6.92 Å². The van der Waals surface area contributed by atoms with Crippen LogP contribution in [0.1, 0.15) is 11.1 Å². The minimum Gasteiger partial charge on any atom is -0.496 e. The van der Waals surface area contributed by atoms with Gasteiger partial charge >= 0.3 is 5.97 Å². The number of aliphatic carboxylic acids is 1. The molecule has 0 bridgehead atoms. The van der Waals surface area contributed by atoms with E-state index in [4.69, 9.17) is 9.84 Å². The predicted octanol–water partition coefficient (Wildman–Crippen LogP) is 2.78. The topological polar surface area (TPSA) is 46.5 Å². The second-order valence-electron chi connectivity index (χ2n) is 3.97. The fourth-order valence-corrected chi connectivity index (χ4v) is 2.09. The molecule has 0 aliphatic heterocycles. The van der Waals surface area contributed by atoms with Gasteiger partial charge in [-0.05, 0) is 29.3 Å². The number of rotatable bonds is 3. The highest BCUT2D eigenvalue weighted by Crippen LogP contribution is 2.30. The van der Waals surface area contributed by atoms with Crippen LogP contribution in [0.25, 0.3) is 10.8 Å². The van der Waals surface area contributed by atoms with E-state index in [-0.39, 0.29) is 6.42 Å². The van der Waals surface area contributed by atoms with Gasteiger partial charge in [-0.2, -0.15) is 0 Å². The zero-order valence-electron chi connectivity index (χ0n) is 9.86. The Bertz CT molecular complexity index is 573. The largest absolute Gasteiger partial charge is 0.496 e. The summed E-state index contributed by atoms with van der Waals surface area (Å²) in [6.07, 6.45) is -0.0140. The zero-order valence-corrected chi connectivity index (χ0v) is 9.86. The molecule has 1 N–H and O–H groups in total. The van der Waals surface area contributed by atoms with Gasteiger partial charge in [-0.3, -0.25) is 4.79 Å². The Hall–Kier alpha value is -2.03. The molecule has 17 heavy (non-hydrogen) atoms. The zero-order chi connectivity index (χ0) is 12.4. The summed E-state index contributed by atoms with van der Waals surface area (Å²) in [6, 6.07) is 9.79. The molecular weight excluding hydrogens is 216 g/mol. The van der Waals surface area contributed by atoms with E-state index >= 15 is 0 Å². The van der Waals surface area contributed by atoms with Gasteiger partial charge in [0.05, 0.1) is 13.5 Å². The standard InChI is InChI=1S/C14H14O3/c1-9-11-6-4-3-5-10(11)7-13(17-2)12(9)8-14(15)16/h3-7H,8H2,1-2H3,(H,15,16). The van der Waals surface area contributed by atoms with Crippen LogP contribution in [0.2, 0.25) is 0 Å². The van der Waals surface area contributed by atoms with Crippen LogP contribution in [0.15, 0.2) is 30.3 Å². The number of carboxylic acid groups (broad SMARTS) is 1. The third-order valence-electron chi connectivity index (χ3n) is 2.95. The van der Waals surface area contributed by atoms with Gasteiger partial charge in [0, 0.05) is 5.56 Å². The van der Waals surface area contributed by atoms with Crippen molar-refractivity contribution in [1.82, 2.24) is 0 Å². The molecule has 2 aromatic carbocycles. The number of benzene rings is 2. The Labute approximate surface area is 99.6 Å². The first-order valence-corrected chi connectivity index (χ1v) is 5.40. The maximum Gasteiger partial charge on any atom is 0.307 e. The van der Waals surface area contributed by atoms with Crippen LogP contribution in [0.5, 0.6) is 5.75 Å². The molecule has 0 amide bonds. The van der Waals surface area contributed by atoms with E-state index in [1.807, 2.05) is 37.3 Å². The van der Waals surface area contributed by atoms with Gasteiger partial charge in [-0.15, -0.1) is 0 Å². The van der Waals surface area contributed by atoms with Crippen molar-refractivity contribution >= 4 is 16.7 Å². The van der Waals surface area contributed by atoms with Crippen molar-refractivity contribution < 1.29 is 14.6 Å². The van der Waals surface area contributed by atoms with Crippen molar-refractivity contribution in [3.63, 3.8) is 0 Å². The van der Waals surface area contributed by atoms with Gasteiger partial charge in [0.1, 0.15) is 5.75 Å². The first-order chi connectivity index (χ1) is 8.13. The lowest BCUT2D eigenvalue weighted by Crippen LogP contribution is -2.05. The Kier molecular flexibility index (Phi) is 3.00. The third-order valence-corrected chi connectivity index (χ3v) is 2.95. The Morgan fingerprint density at radius 3 is 2.71 bits per heavy atom. The SMILES string of the molecule is COc1cc2ccccc2c(C)c1CC(=O)O. The first-order valence-electron chi connectivity index (χ1n) is 5.40. The fraction of sp³-hybridized carbons (Fsp3) is 0.214. The average molecular weight is 230 g/mol. The van der Waals surface area contributed by atoms with Gasteiger partial charge in [-0.1, -0.05) is 24.3 Å². The molecule has 88 valence electrons. The van der Waals surface area contributed by atoms with E-state index in [1.165, 1.54) is 0 Å². The van der Waals surface area contributed by atoms with E-state index in [9.17, 15) is 4.79 Å². The lowest BCUT2D eigenvalue weighted by molar-refractivity contribution is -0.136. The fourth-order valence-electron chi connectivity index (χ4n) is 2.09. The van der Waals surface area contributed by atoms with Crippen LogP contribution in [0.3, 0.4) is 0 Å². The summed E-state index contributed by atoms with van der Waals surface area (Å²) >= 11 is 0. The van der Waals surface area contributed by atoms with Crippen LogP contribution in [-0.4, -0.2) is 18.2 Å². The molecule has 0 fully saturated rings. The number of fused-ring (bicyclic) bond motifs is 1. The van der Waals surface area contributed by atoms with E-state index in [0.29, 0.717) is 5.75 Å². The number of carboxylic acids is 1. The summed E-state index contributed by atoms with van der Waals surface area (Å²) in [4.78, 5) is 10.9. The van der Waals surface area contributed by atoms with Crippen molar-refractivity contribution in [2.45, 2.75) is 13.3 Å². The van der Waals surface area contributed by atoms with Crippen LogP contribution < -0.4 is 4.74 Å². The summed E-state index contributed by atoms with van der Waals surface area (Å²) < 4.78 is 5.27. The van der Waals surface area contributed by atoms with E-state index in [2.05, 4.69) is 0 Å². The quantitative estimate of drug-likeness (QED) is 0.881. The highest BCUT2D eigenvalue weighted by molar-refractivity contribution is 5.89. The van der Waals surface area contributed by atoms with Crippen molar-refractivity contribution in [2.75, 3.05) is 7.11 Å². The van der Waals surface area contributed by atoms with Crippen LogP contribution >= 0.6 is 0 Å². The predicted molar refractivity (Wildman–Crippen MR) is 66.6 cm³/mol. The molecule has 0 unspecified atom stereocenters. The molecular formula is C14H14O3. The molecule has 2 aromatic rings. The summed E-state index contributed by atoms with van der Waals surface area (Å²) in [5, 5.41) is 11.1. The smallest absolute Gasteiger partial charge is 0.307 e. The Balaban J connectivity index is 2.71. The molecule has 3 nitrogen and oxygen atoms in total. The van der Waals surface area contributed by atoms with Crippen molar-refractivity contribution in [3.05, 3.63) is 41.5 Å². The summed E-state index contributed by atoms with van der Waals surface area (Å²) in [6.45, 7) is 1.93. The van der Waals surface area contributed by atoms with E-state index in [0.717, 1.165) is 21.9 Å². The number of hydrogen-bond acceptors (Lipinski definition) is 2. The molecule has 0 atom stereocenters. The number of carbonyl (C=O) groups is 1. The summed E-state index contributed by atoms with van der Waals surface area (Å²) in [5.74, 6) is -0.203. The molecule has 2 rings (SSSR count). The number of ether oxygens (including phenoxy) is 1. The van der Waals surface area contributed by atoms with E-state index < -0.39 is 5.97 Å². The molecule has 0 radical (unpaired) electrons. The second-order valence-corrected chi connectivity index (χ2v) is 3.97. The molecule has 0 heterocycles. The highest BCUT2D eigenvalue weighted by Gasteiger charge is 2.13. The maximum atomic E-state index is 10.9. The molecule has 3 heteroatoms. The van der Waals surface area contributed by atoms with Crippen molar-refractivity contribution in [3.8, 4) is 5.75 Å².